The van der Waals surface area contributed by atoms with Gasteiger partial charge in [0.1, 0.15) is 5.69 Å². The zero-order valence-electron chi connectivity index (χ0n) is 14.2. The Morgan fingerprint density at radius 3 is 2.78 bits per heavy atom. The quantitative estimate of drug-likeness (QED) is 0.556. The van der Waals surface area contributed by atoms with Crippen LogP contribution >= 0.6 is 0 Å². The highest BCUT2D eigenvalue weighted by molar-refractivity contribution is 6.03. The summed E-state index contributed by atoms with van der Waals surface area (Å²) in [6, 6.07) is 15.8. The number of anilines is 1. The Labute approximate surface area is 154 Å². The lowest BCUT2D eigenvalue weighted by Crippen LogP contribution is -2.08. The minimum absolute atomic E-state index is 0.315. The van der Waals surface area contributed by atoms with Gasteiger partial charge >= 0.3 is 0 Å². The van der Waals surface area contributed by atoms with Crippen molar-refractivity contribution in [3.8, 4) is 5.69 Å². The standard InChI is InChI=1S/C21H15FN4O/c22-18-14-17(8-9-19(18)26-13-3-12-24-26)25-20(27)10-7-16-5-1-4-15-6-2-11-23-21(15)16/h1-14H,(H,25,27)/b10-7+. The maximum Gasteiger partial charge on any atom is 0.248 e. The third-order valence-corrected chi connectivity index (χ3v) is 4.04. The highest BCUT2D eigenvalue weighted by Crippen LogP contribution is 2.19. The number of pyridine rings is 1. The molecule has 0 fully saturated rings. The molecule has 0 aliphatic carbocycles. The second kappa shape index (κ2) is 7.21. The zero-order valence-corrected chi connectivity index (χ0v) is 14.2. The Hall–Kier alpha value is -3.80. The van der Waals surface area contributed by atoms with Crippen LogP contribution in [0, 0.1) is 5.82 Å². The first-order chi connectivity index (χ1) is 13.2. The lowest BCUT2D eigenvalue weighted by atomic mass is 10.1. The lowest BCUT2D eigenvalue weighted by molar-refractivity contribution is -0.111. The molecule has 0 aliphatic rings. The largest absolute Gasteiger partial charge is 0.322 e. The van der Waals surface area contributed by atoms with Crippen molar-refractivity contribution in [1.29, 1.82) is 0 Å². The van der Waals surface area contributed by atoms with E-state index in [2.05, 4.69) is 15.4 Å². The van der Waals surface area contributed by atoms with Crippen molar-refractivity contribution in [2.45, 2.75) is 0 Å². The Balaban J connectivity index is 1.51. The van der Waals surface area contributed by atoms with E-state index in [0.29, 0.717) is 11.4 Å². The highest BCUT2D eigenvalue weighted by Gasteiger charge is 2.07. The molecule has 0 atom stereocenters. The van der Waals surface area contributed by atoms with Gasteiger partial charge in [-0.05, 0) is 36.4 Å². The summed E-state index contributed by atoms with van der Waals surface area (Å²) in [5.74, 6) is -0.826. The molecule has 5 nitrogen and oxygen atoms in total. The average molecular weight is 358 g/mol. The minimum Gasteiger partial charge on any atom is -0.322 e. The van der Waals surface area contributed by atoms with Gasteiger partial charge in [-0.2, -0.15) is 5.10 Å². The normalized spacial score (nSPS) is 11.1. The molecule has 1 amide bonds. The average Bonchev–Trinajstić information content (AvgIpc) is 3.21. The highest BCUT2D eigenvalue weighted by atomic mass is 19.1. The summed E-state index contributed by atoms with van der Waals surface area (Å²) < 4.78 is 15.7. The first-order valence-corrected chi connectivity index (χ1v) is 8.33. The van der Waals surface area contributed by atoms with Crippen molar-refractivity contribution < 1.29 is 9.18 Å². The Bertz CT molecular complexity index is 1130. The van der Waals surface area contributed by atoms with Gasteiger partial charge in [-0.3, -0.25) is 9.78 Å². The SMILES string of the molecule is O=C(/C=C/c1cccc2cccnc12)Nc1ccc(-n2cccn2)c(F)c1. The molecule has 4 rings (SSSR count). The predicted octanol–water partition coefficient (Wildman–Crippen LogP) is 4.21. The van der Waals surface area contributed by atoms with Crippen molar-refractivity contribution in [3.63, 3.8) is 0 Å². The van der Waals surface area contributed by atoms with Gasteiger partial charge in [0, 0.05) is 41.3 Å². The summed E-state index contributed by atoms with van der Waals surface area (Å²) >= 11 is 0. The van der Waals surface area contributed by atoms with Crippen LogP contribution in [0.5, 0.6) is 0 Å². The molecule has 0 radical (unpaired) electrons. The van der Waals surface area contributed by atoms with E-state index in [4.69, 9.17) is 0 Å². The first kappa shape index (κ1) is 16.7. The second-order valence-corrected chi connectivity index (χ2v) is 5.86. The maximum absolute atomic E-state index is 14.3. The number of nitrogens with one attached hydrogen (secondary N) is 1. The summed E-state index contributed by atoms with van der Waals surface area (Å²) in [5.41, 5.74) is 2.34. The monoisotopic (exact) mass is 358 g/mol. The van der Waals surface area contributed by atoms with E-state index in [0.717, 1.165) is 16.5 Å². The van der Waals surface area contributed by atoms with Crippen molar-refractivity contribution in [2.24, 2.45) is 0 Å². The van der Waals surface area contributed by atoms with Gasteiger partial charge < -0.3 is 5.32 Å². The molecule has 0 aliphatic heterocycles. The zero-order chi connectivity index (χ0) is 18.6. The fraction of sp³-hybridized carbons (Fsp3) is 0. The number of aromatic nitrogens is 3. The number of hydrogen-bond donors (Lipinski definition) is 1. The number of carbonyl (C=O) groups is 1. The molecule has 0 saturated carbocycles. The molecular weight excluding hydrogens is 343 g/mol. The van der Waals surface area contributed by atoms with E-state index in [1.165, 1.54) is 16.8 Å². The fourth-order valence-electron chi connectivity index (χ4n) is 2.79. The number of carbonyl (C=O) groups excluding carboxylic acids is 1. The van der Waals surface area contributed by atoms with E-state index in [1.54, 1.807) is 42.9 Å². The Morgan fingerprint density at radius 2 is 1.96 bits per heavy atom. The Morgan fingerprint density at radius 1 is 1.07 bits per heavy atom. The number of nitrogens with zero attached hydrogens (tertiary/aromatic N) is 3. The van der Waals surface area contributed by atoms with Crippen molar-refractivity contribution in [3.05, 3.63) is 90.6 Å². The van der Waals surface area contributed by atoms with Crippen LogP contribution in [0.3, 0.4) is 0 Å². The first-order valence-electron chi connectivity index (χ1n) is 8.33. The van der Waals surface area contributed by atoms with Crippen LogP contribution < -0.4 is 5.32 Å². The molecule has 132 valence electrons. The molecule has 2 aromatic carbocycles. The third kappa shape index (κ3) is 3.59. The van der Waals surface area contributed by atoms with Gasteiger partial charge in [-0.15, -0.1) is 0 Å². The number of benzene rings is 2. The maximum atomic E-state index is 14.3. The number of fused-ring (bicyclic) bond motifs is 1. The van der Waals surface area contributed by atoms with E-state index < -0.39 is 5.82 Å². The van der Waals surface area contributed by atoms with Crippen LogP contribution in [0.2, 0.25) is 0 Å². The van der Waals surface area contributed by atoms with Crippen molar-refractivity contribution >= 4 is 28.6 Å². The van der Waals surface area contributed by atoms with Crippen LogP contribution in [0.1, 0.15) is 5.56 Å². The molecule has 2 heterocycles. The summed E-state index contributed by atoms with van der Waals surface area (Å²) in [4.78, 5) is 16.5. The summed E-state index contributed by atoms with van der Waals surface area (Å²) in [7, 11) is 0. The van der Waals surface area contributed by atoms with Crippen LogP contribution in [0.15, 0.2) is 79.3 Å². The molecule has 6 heteroatoms. The summed E-state index contributed by atoms with van der Waals surface area (Å²) in [5, 5.41) is 7.65. The summed E-state index contributed by atoms with van der Waals surface area (Å²) in [6.45, 7) is 0. The second-order valence-electron chi connectivity index (χ2n) is 5.86. The van der Waals surface area contributed by atoms with Crippen molar-refractivity contribution in [1.82, 2.24) is 14.8 Å². The number of rotatable bonds is 4. The van der Waals surface area contributed by atoms with Crippen LogP contribution in [-0.2, 0) is 4.79 Å². The predicted molar refractivity (Wildman–Crippen MR) is 103 cm³/mol. The van der Waals surface area contributed by atoms with Gasteiger partial charge in [0.05, 0.1) is 5.52 Å². The van der Waals surface area contributed by atoms with E-state index in [9.17, 15) is 9.18 Å². The Kier molecular flexibility index (Phi) is 4.45. The molecule has 0 bridgehead atoms. The number of hydrogen-bond acceptors (Lipinski definition) is 3. The van der Waals surface area contributed by atoms with Gasteiger partial charge in [-0.1, -0.05) is 24.3 Å². The van der Waals surface area contributed by atoms with E-state index in [1.807, 2.05) is 30.3 Å². The molecule has 27 heavy (non-hydrogen) atoms. The number of halogens is 1. The van der Waals surface area contributed by atoms with E-state index in [-0.39, 0.29) is 5.91 Å². The lowest BCUT2D eigenvalue weighted by Gasteiger charge is -2.07. The molecule has 2 aromatic heterocycles. The molecule has 1 N–H and O–H groups in total. The molecular formula is C21H15FN4O. The van der Waals surface area contributed by atoms with Crippen LogP contribution in [0.25, 0.3) is 22.7 Å². The van der Waals surface area contributed by atoms with Gasteiger partial charge in [-0.25, -0.2) is 9.07 Å². The topological polar surface area (TPSA) is 59.8 Å². The molecule has 4 aromatic rings. The fourth-order valence-corrected chi connectivity index (χ4v) is 2.79. The van der Waals surface area contributed by atoms with Gasteiger partial charge in [0.25, 0.3) is 0 Å². The molecule has 0 saturated heterocycles. The minimum atomic E-state index is -0.473. The molecule has 0 unspecified atom stereocenters. The molecule has 0 spiro atoms. The summed E-state index contributed by atoms with van der Waals surface area (Å²) in [6.07, 6.45) is 8.03. The number of amides is 1. The van der Waals surface area contributed by atoms with Gasteiger partial charge in [0.15, 0.2) is 5.82 Å². The third-order valence-electron chi connectivity index (χ3n) is 4.04. The van der Waals surface area contributed by atoms with Crippen molar-refractivity contribution in [2.75, 3.05) is 5.32 Å². The van der Waals surface area contributed by atoms with Gasteiger partial charge in [0.2, 0.25) is 5.91 Å². The number of para-hydroxylation sites is 1. The van der Waals surface area contributed by atoms with E-state index >= 15 is 0 Å². The smallest absolute Gasteiger partial charge is 0.248 e. The van der Waals surface area contributed by atoms with Crippen LogP contribution in [0.4, 0.5) is 10.1 Å². The van der Waals surface area contributed by atoms with Crippen LogP contribution in [-0.4, -0.2) is 20.7 Å².